The molecule has 16 heavy (non-hydrogen) atoms. The molecule has 82 valence electrons. The maximum atomic E-state index is 3.85. The molecule has 1 heterocycles. The first kappa shape index (κ1) is 10.7. The normalized spacial score (nSPS) is 10.3. The number of rotatable bonds is 4. The summed E-state index contributed by atoms with van der Waals surface area (Å²) in [6.45, 7) is 6.06. The van der Waals surface area contributed by atoms with Gasteiger partial charge in [-0.3, -0.25) is 0 Å². The summed E-state index contributed by atoms with van der Waals surface area (Å²) < 4.78 is 2.10. The molecular formula is C15H17N. The van der Waals surface area contributed by atoms with E-state index in [0.717, 1.165) is 6.42 Å². The molecule has 0 spiro atoms. The lowest BCUT2D eigenvalue weighted by Crippen LogP contribution is -1.92. The Labute approximate surface area is 97.0 Å². The average Bonchev–Trinajstić information content (AvgIpc) is 2.74. The lowest BCUT2D eigenvalue weighted by Gasteiger charge is -2.07. The van der Waals surface area contributed by atoms with Gasteiger partial charge in [0, 0.05) is 12.4 Å². The third kappa shape index (κ3) is 1.94. The molecule has 0 N–H and O–H groups in total. The summed E-state index contributed by atoms with van der Waals surface area (Å²) in [4.78, 5) is 0. The Kier molecular flexibility index (Phi) is 3.25. The Bertz CT molecular complexity index is 465. The van der Waals surface area contributed by atoms with Gasteiger partial charge in [0.1, 0.15) is 0 Å². The van der Waals surface area contributed by atoms with Gasteiger partial charge in [-0.25, -0.2) is 0 Å². The SMILES string of the molecule is C=Cn1ccc(CCC)c1-c1ccccc1. The van der Waals surface area contributed by atoms with E-state index < -0.39 is 0 Å². The lowest BCUT2D eigenvalue weighted by atomic mass is 10.0. The Morgan fingerprint density at radius 1 is 1.19 bits per heavy atom. The first-order valence-corrected chi connectivity index (χ1v) is 5.74. The lowest BCUT2D eigenvalue weighted by molar-refractivity contribution is 0.923. The van der Waals surface area contributed by atoms with Crippen molar-refractivity contribution in [3.63, 3.8) is 0 Å². The molecular weight excluding hydrogens is 194 g/mol. The Morgan fingerprint density at radius 2 is 1.94 bits per heavy atom. The highest BCUT2D eigenvalue weighted by Gasteiger charge is 2.08. The quantitative estimate of drug-likeness (QED) is 0.714. The van der Waals surface area contributed by atoms with Crippen LogP contribution in [0.15, 0.2) is 49.2 Å². The minimum absolute atomic E-state index is 1.12. The van der Waals surface area contributed by atoms with Gasteiger partial charge < -0.3 is 4.57 Å². The Morgan fingerprint density at radius 3 is 2.56 bits per heavy atom. The van der Waals surface area contributed by atoms with Crippen molar-refractivity contribution in [1.29, 1.82) is 0 Å². The second-order valence-corrected chi connectivity index (χ2v) is 3.90. The second-order valence-electron chi connectivity index (χ2n) is 3.90. The van der Waals surface area contributed by atoms with Crippen LogP contribution in [0.25, 0.3) is 17.5 Å². The molecule has 0 bridgehead atoms. The van der Waals surface area contributed by atoms with E-state index in [4.69, 9.17) is 0 Å². The van der Waals surface area contributed by atoms with Crippen LogP contribution < -0.4 is 0 Å². The molecule has 2 aromatic rings. The minimum atomic E-state index is 1.12. The predicted octanol–water partition coefficient (Wildman–Crippen LogP) is 4.21. The van der Waals surface area contributed by atoms with Gasteiger partial charge in [-0.1, -0.05) is 50.3 Å². The van der Waals surface area contributed by atoms with Gasteiger partial charge in [-0.15, -0.1) is 0 Å². The average molecular weight is 211 g/mol. The molecule has 0 amide bonds. The van der Waals surface area contributed by atoms with Crippen molar-refractivity contribution in [3.05, 3.63) is 54.7 Å². The fraction of sp³-hybridized carbons (Fsp3) is 0.200. The van der Waals surface area contributed by atoms with Gasteiger partial charge in [0.15, 0.2) is 0 Å². The van der Waals surface area contributed by atoms with Crippen LogP contribution in [0.2, 0.25) is 0 Å². The first-order valence-electron chi connectivity index (χ1n) is 5.74. The summed E-state index contributed by atoms with van der Waals surface area (Å²) in [5, 5.41) is 0. The van der Waals surface area contributed by atoms with Gasteiger partial charge in [0.05, 0.1) is 5.69 Å². The Balaban J connectivity index is 2.52. The van der Waals surface area contributed by atoms with Crippen LogP contribution in [-0.2, 0) is 6.42 Å². The van der Waals surface area contributed by atoms with Gasteiger partial charge in [-0.05, 0) is 23.6 Å². The van der Waals surface area contributed by atoms with E-state index in [1.807, 2.05) is 12.3 Å². The number of hydrogen-bond acceptors (Lipinski definition) is 0. The molecule has 0 aliphatic rings. The smallest absolute Gasteiger partial charge is 0.0553 e. The zero-order valence-corrected chi connectivity index (χ0v) is 9.69. The number of nitrogens with zero attached hydrogens (tertiary/aromatic N) is 1. The molecule has 0 aliphatic heterocycles. The summed E-state index contributed by atoms with van der Waals surface area (Å²) in [5.41, 5.74) is 3.93. The van der Waals surface area contributed by atoms with Crippen LogP contribution in [0.3, 0.4) is 0 Å². The molecule has 2 rings (SSSR count). The standard InChI is InChI=1S/C15H17N/c1-3-8-13-11-12-16(4-2)15(13)14-9-6-5-7-10-14/h4-7,9-12H,2-3,8H2,1H3. The molecule has 0 atom stereocenters. The minimum Gasteiger partial charge on any atom is -0.324 e. The van der Waals surface area contributed by atoms with Crippen molar-refractivity contribution in [2.75, 3.05) is 0 Å². The maximum Gasteiger partial charge on any atom is 0.0553 e. The largest absolute Gasteiger partial charge is 0.324 e. The molecule has 1 aromatic heterocycles. The van der Waals surface area contributed by atoms with Crippen LogP contribution in [0, 0.1) is 0 Å². The van der Waals surface area contributed by atoms with Gasteiger partial charge in [0.25, 0.3) is 0 Å². The van der Waals surface area contributed by atoms with Crippen molar-refractivity contribution in [2.24, 2.45) is 0 Å². The van der Waals surface area contributed by atoms with E-state index >= 15 is 0 Å². The molecule has 0 saturated heterocycles. The van der Waals surface area contributed by atoms with Crippen molar-refractivity contribution in [3.8, 4) is 11.3 Å². The van der Waals surface area contributed by atoms with Crippen molar-refractivity contribution >= 4 is 6.20 Å². The highest BCUT2D eigenvalue weighted by molar-refractivity contribution is 5.66. The molecule has 0 fully saturated rings. The molecule has 0 unspecified atom stereocenters. The molecule has 0 radical (unpaired) electrons. The van der Waals surface area contributed by atoms with E-state index in [0.29, 0.717) is 0 Å². The highest BCUT2D eigenvalue weighted by atomic mass is 14.9. The number of hydrogen-bond donors (Lipinski definition) is 0. The zero-order chi connectivity index (χ0) is 11.4. The Hall–Kier alpha value is -1.76. The van der Waals surface area contributed by atoms with Gasteiger partial charge >= 0.3 is 0 Å². The summed E-state index contributed by atoms with van der Waals surface area (Å²) in [6.07, 6.45) is 6.23. The molecule has 0 aliphatic carbocycles. The fourth-order valence-corrected chi connectivity index (χ4v) is 2.04. The highest BCUT2D eigenvalue weighted by Crippen LogP contribution is 2.26. The maximum absolute atomic E-state index is 3.85. The topological polar surface area (TPSA) is 4.93 Å². The van der Waals surface area contributed by atoms with Crippen LogP contribution in [0.5, 0.6) is 0 Å². The summed E-state index contributed by atoms with van der Waals surface area (Å²) in [5.74, 6) is 0. The first-order chi connectivity index (χ1) is 7.86. The molecule has 1 aromatic carbocycles. The van der Waals surface area contributed by atoms with Crippen molar-refractivity contribution in [1.82, 2.24) is 4.57 Å². The number of aromatic nitrogens is 1. The van der Waals surface area contributed by atoms with E-state index in [9.17, 15) is 0 Å². The molecule has 0 saturated carbocycles. The van der Waals surface area contributed by atoms with Crippen LogP contribution in [0.1, 0.15) is 18.9 Å². The third-order valence-electron chi connectivity index (χ3n) is 2.76. The van der Waals surface area contributed by atoms with Crippen molar-refractivity contribution in [2.45, 2.75) is 19.8 Å². The summed E-state index contributed by atoms with van der Waals surface area (Å²) in [7, 11) is 0. The van der Waals surface area contributed by atoms with E-state index in [1.54, 1.807) is 0 Å². The third-order valence-corrected chi connectivity index (χ3v) is 2.76. The summed E-state index contributed by atoms with van der Waals surface area (Å²) in [6, 6.07) is 12.7. The van der Waals surface area contributed by atoms with E-state index in [-0.39, 0.29) is 0 Å². The van der Waals surface area contributed by atoms with Crippen LogP contribution in [0.4, 0.5) is 0 Å². The fourth-order valence-electron chi connectivity index (χ4n) is 2.04. The van der Waals surface area contributed by atoms with Gasteiger partial charge in [0.2, 0.25) is 0 Å². The van der Waals surface area contributed by atoms with E-state index in [1.165, 1.54) is 23.2 Å². The van der Waals surface area contributed by atoms with Crippen LogP contribution in [-0.4, -0.2) is 4.57 Å². The molecule has 1 nitrogen and oxygen atoms in total. The zero-order valence-electron chi connectivity index (χ0n) is 9.69. The molecule has 1 heteroatoms. The number of benzene rings is 1. The second kappa shape index (κ2) is 4.84. The van der Waals surface area contributed by atoms with Gasteiger partial charge in [-0.2, -0.15) is 0 Å². The monoisotopic (exact) mass is 211 g/mol. The summed E-state index contributed by atoms with van der Waals surface area (Å²) >= 11 is 0. The van der Waals surface area contributed by atoms with Crippen LogP contribution >= 0.6 is 0 Å². The van der Waals surface area contributed by atoms with E-state index in [2.05, 4.69) is 54.6 Å². The predicted molar refractivity (Wildman–Crippen MR) is 70.3 cm³/mol. The van der Waals surface area contributed by atoms with Crippen molar-refractivity contribution < 1.29 is 0 Å². The number of aryl methyl sites for hydroxylation is 1.